The molecule has 15 nitrogen and oxygen atoms in total. The molecule has 0 fully saturated rings. The molecule has 0 saturated heterocycles. The fourth-order valence-electron chi connectivity index (χ4n) is 2.01. The standard InChI is InChI=1S/C21H38N2O13P/c1-5-19(25)33-13-17(36-20(26)6-2)14-35-37(28,29)34-10-8-23-21(27)31-12-11-30-9-7-22-18(24)15-32-16(3)4/h13,16-17H,5-12,14-15H2,1-4H3,(H,22,24)(H,23,27)(H,28,29)/q-1. The number of rotatable bonds is 21. The first-order valence-corrected chi connectivity index (χ1v) is 13.2. The second-order valence-corrected chi connectivity index (χ2v) is 8.80. The zero-order chi connectivity index (χ0) is 28.1. The number of esters is 2. The minimum absolute atomic E-state index is 0.0276. The number of hydrogen-bond acceptors (Lipinski definition) is 12. The largest absolute Gasteiger partial charge is 0.633 e. The van der Waals surface area contributed by atoms with Crippen molar-refractivity contribution in [1.29, 1.82) is 0 Å². The van der Waals surface area contributed by atoms with Crippen molar-refractivity contribution in [3.63, 3.8) is 0 Å². The second kappa shape index (κ2) is 20.7. The van der Waals surface area contributed by atoms with Crippen molar-refractivity contribution in [3.05, 3.63) is 6.61 Å². The summed E-state index contributed by atoms with van der Waals surface area (Å²) >= 11 is 0. The Morgan fingerprint density at radius 3 is 2.24 bits per heavy atom. The predicted molar refractivity (Wildman–Crippen MR) is 127 cm³/mol. The van der Waals surface area contributed by atoms with E-state index in [9.17, 15) is 28.6 Å². The molecule has 0 aromatic heterocycles. The minimum atomic E-state index is -4.57. The highest BCUT2D eigenvalue weighted by atomic mass is 31.2. The first-order valence-electron chi connectivity index (χ1n) is 11.7. The molecule has 0 aliphatic carbocycles. The average molecular weight is 558 g/mol. The molecule has 2 atom stereocenters. The number of phosphoric ester groups is 1. The molecular weight excluding hydrogens is 519 g/mol. The molecule has 0 aliphatic heterocycles. The Labute approximate surface area is 216 Å². The lowest BCUT2D eigenvalue weighted by atomic mass is 10.4. The maximum absolute atomic E-state index is 12.0. The number of carbonyl (C=O) groups is 4. The molecule has 2 amide bonds. The molecule has 37 heavy (non-hydrogen) atoms. The van der Waals surface area contributed by atoms with E-state index in [-0.39, 0.29) is 64.4 Å². The third-order valence-electron chi connectivity index (χ3n) is 3.82. The minimum Gasteiger partial charge on any atom is -0.633 e. The number of carbonyl (C=O) groups excluding carboxylic acids is 4. The lowest BCUT2D eigenvalue weighted by molar-refractivity contribution is -0.155. The Kier molecular flexibility index (Phi) is 19.4. The van der Waals surface area contributed by atoms with Crippen molar-refractivity contribution in [3.8, 4) is 0 Å². The highest BCUT2D eigenvalue weighted by Crippen LogP contribution is 2.43. The summed E-state index contributed by atoms with van der Waals surface area (Å²) in [5.74, 6) is -1.50. The summed E-state index contributed by atoms with van der Waals surface area (Å²) < 4.78 is 46.4. The van der Waals surface area contributed by atoms with Gasteiger partial charge in [0.2, 0.25) is 5.91 Å². The summed E-state index contributed by atoms with van der Waals surface area (Å²) in [7, 11) is -4.57. The van der Waals surface area contributed by atoms with Gasteiger partial charge in [0.25, 0.3) is 5.97 Å². The van der Waals surface area contributed by atoms with Crippen molar-refractivity contribution in [2.24, 2.45) is 0 Å². The Morgan fingerprint density at radius 2 is 1.59 bits per heavy atom. The third-order valence-corrected chi connectivity index (χ3v) is 4.80. The molecule has 0 heterocycles. The fraction of sp³-hybridized carbons (Fsp3) is 0.762. The zero-order valence-electron chi connectivity index (χ0n) is 21.6. The zero-order valence-corrected chi connectivity index (χ0v) is 22.5. The van der Waals surface area contributed by atoms with Crippen molar-refractivity contribution in [1.82, 2.24) is 10.6 Å². The summed E-state index contributed by atoms with van der Waals surface area (Å²) in [6.07, 6.45) is -1.97. The Balaban J connectivity index is 3.99. The quantitative estimate of drug-likeness (QED) is 0.0591. The van der Waals surface area contributed by atoms with Gasteiger partial charge in [0.05, 0.1) is 32.5 Å². The normalized spacial score (nSPS) is 13.4. The fourth-order valence-corrected chi connectivity index (χ4v) is 2.74. The summed E-state index contributed by atoms with van der Waals surface area (Å²) in [4.78, 5) is 55.5. The Morgan fingerprint density at radius 1 is 0.919 bits per heavy atom. The number of alkyl carbamates (subject to hydrolysis) is 1. The average Bonchev–Trinajstić information content (AvgIpc) is 2.85. The Hall–Kier alpha value is -2.29. The van der Waals surface area contributed by atoms with Gasteiger partial charge in [-0.25, -0.2) is 9.36 Å². The monoisotopic (exact) mass is 557 g/mol. The second-order valence-electron chi connectivity index (χ2n) is 7.34. The molecule has 0 aromatic carbocycles. The van der Waals surface area contributed by atoms with Gasteiger partial charge in [0, 0.05) is 32.0 Å². The maximum Gasteiger partial charge on any atom is 0.472 e. The molecule has 0 radical (unpaired) electrons. The van der Waals surface area contributed by atoms with Gasteiger partial charge in [0.15, 0.2) is 0 Å². The number of phosphoric acid groups is 1. The van der Waals surface area contributed by atoms with E-state index < -0.39 is 45.2 Å². The van der Waals surface area contributed by atoms with E-state index in [1.54, 1.807) is 6.92 Å². The molecule has 0 aliphatic rings. The summed E-state index contributed by atoms with van der Waals surface area (Å²) in [5, 5.41) is 4.90. The molecule has 0 aromatic rings. The van der Waals surface area contributed by atoms with Crippen LogP contribution in [0.15, 0.2) is 0 Å². The first kappa shape index (κ1) is 34.7. The van der Waals surface area contributed by atoms with Crippen LogP contribution in [0.4, 0.5) is 4.79 Å². The van der Waals surface area contributed by atoms with Crippen LogP contribution >= 0.6 is 7.82 Å². The number of ether oxygens (including phenoxy) is 5. The van der Waals surface area contributed by atoms with Crippen molar-refractivity contribution >= 4 is 31.8 Å². The first-order chi connectivity index (χ1) is 17.5. The highest BCUT2D eigenvalue weighted by molar-refractivity contribution is 7.47. The Bertz CT molecular complexity index is 735. The van der Waals surface area contributed by atoms with Crippen molar-refractivity contribution < 1.29 is 61.4 Å². The van der Waals surface area contributed by atoms with Crippen LogP contribution in [-0.2, 0) is 51.7 Å². The van der Waals surface area contributed by atoms with Crippen LogP contribution < -0.4 is 10.6 Å². The van der Waals surface area contributed by atoms with E-state index in [0.29, 0.717) is 0 Å². The van der Waals surface area contributed by atoms with Crippen LogP contribution in [-0.4, -0.2) is 93.8 Å². The van der Waals surface area contributed by atoms with E-state index in [4.69, 9.17) is 32.7 Å². The molecule has 0 rings (SSSR count). The maximum atomic E-state index is 12.0. The molecule has 2 unspecified atom stereocenters. The SMILES string of the molecule is CCC(=O)O[CH-]C(COP(=O)(O)OCCNC(=O)OCCOCCNC(=O)COC(C)C)OC(=O)CC. The van der Waals surface area contributed by atoms with Crippen LogP contribution in [0.1, 0.15) is 40.5 Å². The third kappa shape index (κ3) is 21.5. The summed E-state index contributed by atoms with van der Waals surface area (Å²) in [6, 6.07) is 0. The van der Waals surface area contributed by atoms with Crippen LogP contribution in [0.3, 0.4) is 0 Å². The van der Waals surface area contributed by atoms with Crippen LogP contribution in [0.2, 0.25) is 0 Å². The smallest absolute Gasteiger partial charge is 0.472 e. The van der Waals surface area contributed by atoms with Crippen LogP contribution in [0.5, 0.6) is 0 Å². The topological polar surface area (TPSA) is 194 Å². The summed E-state index contributed by atoms with van der Waals surface area (Å²) in [5.41, 5.74) is 0. The lowest BCUT2D eigenvalue weighted by Crippen LogP contribution is -2.32. The molecule has 0 saturated carbocycles. The van der Waals surface area contributed by atoms with E-state index >= 15 is 0 Å². The lowest BCUT2D eigenvalue weighted by Gasteiger charge is -2.27. The molecule has 0 spiro atoms. The van der Waals surface area contributed by atoms with Gasteiger partial charge in [-0.3, -0.25) is 23.4 Å². The molecular formula is C21H38N2O13P-. The summed E-state index contributed by atoms with van der Waals surface area (Å²) in [6.45, 7) is 6.94. The van der Waals surface area contributed by atoms with E-state index in [2.05, 4.69) is 10.6 Å². The van der Waals surface area contributed by atoms with Crippen LogP contribution in [0, 0.1) is 6.61 Å². The van der Waals surface area contributed by atoms with Gasteiger partial charge in [-0.05, 0) is 13.8 Å². The molecule has 216 valence electrons. The van der Waals surface area contributed by atoms with Crippen molar-refractivity contribution in [2.75, 3.05) is 52.7 Å². The number of nitrogens with one attached hydrogen (secondary N) is 2. The van der Waals surface area contributed by atoms with Gasteiger partial charge < -0.3 is 39.2 Å². The van der Waals surface area contributed by atoms with E-state index in [1.165, 1.54) is 6.92 Å². The van der Waals surface area contributed by atoms with Gasteiger partial charge in [0.1, 0.15) is 13.2 Å². The van der Waals surface area contributed by atoms with Gasteiger partial charge >= 0.3 is 19.9 Å². The molecule has 3 N–H and O–H groups in total. The molecule has 16 heteroatoms. The number of amides is 2. The van der Waals surface area contributed by atoms with Gasteiger partial charge in [-0.15, -0.1) is 6.61 Å². The van der Waals surface area contributed by atoms with Crippen molar-refractivity contribution in [2.45, 2.75) is 52.7 Å². The van der Waals surface area contributed by atoms with Gasteiger partial charge in [-0.1, -0.05) is 13.8 Å². The van der Waals surface area contributed by atoms with E-state index in [0.717, 1.165) is 6.61 Å². The number of hydrogen-bond donors (Lipinski definition) is 3. The van der Waals surface area contributed by atoms with E-state index in [1.807, 2.05) is 13.8 Å². The molecule has 0 bridgehead atoms. The highest BCUT2D eigenvalue weighted by Gasteiger charge is 2.23. The predicted octanol–water partition coefficient (Wildman–Crippen LogP) is 0.841. The van der Waals surface area contributed by atoms with Gasteiger partial charge in [-0.2, -0.15) is 0 Å². The van der Waals surface area contributed by atoms with Crippen LogP contribution in [0.25, 0.3) is 0 Å².